The van der Waals surface area contributed by atoms with E-state index in [1.54, 1.807) is 24.5 Å². The van der Waals surface area contributed by atoms with Crippen LogP contribution in [0.2, 0.25) is 0 Å². The van der Waals surface area contributed by atoms with E-state index in [0.717, 1.165) is 21.8 Å². The minimum Gasteiger partial charge on any atom is -0.254 e. The van der Waals surface area contributed by atoms with Crippen LogP contribution >= 0.6 is 0 Å². The molecule has 4 aromatic rings. The van der Waals surface area contributed by atoms with Gasteiger partial charge in [0.25, 0.3) is 0 Å². The molecule has 0 aliphatic rings. The normalized spacial score (nSPS) is 12.2. The Labute approximate surface area is 149 Å². The molecular weight excluding hydrogens is 350 g/mol. The molecule has 128 valence electrons. The Morgan fingerprint density at radius 1 is 0.846 bits per heavy atom. The van der Waals surface area contributed by atoms with Crippen molar-refractivity contribution in [2.75, 3.05) is 0 Å². The average molecular weight is 363 g/mol. The van der Waals surface area contributed by atoms with E-state index >= 15 is 0 Å². The van der Waals surface area contributed by atoms with Gasteiger partial charge in [-0.1, -0.05) is 6.07 Å². The molecule has 0 aliphatic heterocycles. The van der Waals surface area contributed by atoms with Crippen molar-refractivity contribution in [3.05, 3.63) is 67.0 Å². The van der Waals surface area contributed by atoms with Crippen molar-refractivity contribution in [3.8, 4) is 0 Å². The van der Waals surface area contributed by atoms with Gasteiger partial charge in [-0.05, 0) is 48.5 Å². The molecule has 0 amide bonds. The molecule has 4 rings (SSSR count). The monoisotopic (exact) mass is 363 g/mol. The first kappa shape index (κ1) is 16.2. The van der Waals surface area contributed by atoms with E-state index in [2.05, 4.69) is 20.2 Å². The zero-order chi connectivity index (χ0) is 18.1. The van der Waals surface area contributed by atoms with Crippen molar-refractivity contribution in [2.45, 2.75) is 4.90 Å². The van der Waals surface area contributed by atoms with Crippen LogP contribution in [0.4, 0.5) is 11.4 Å². The van der Waals surface area contributed by atoms with Crippen LogP contribution in [0.5, 0.6) is 0 Å². The van der Waals surface area contributed by atoms with Crippen molar-refractivity contribution >= 4 is 43.2 Å². The van der Waals surface area contributed by atoms with Crippen LogP contribution < -0.4 is 5.14 Å². The predicted octanol–water partition coefficient (Wildman–Crippen LogP) is 3.85. The first-order valence-corrected chi connectivity index (χ1v) is 9.24. The van der Waals surface area contributed by atoms with Gasteiger partial charge in [0.15, 0.2) is 0 Å². The van der Waals surface area contributed by atoms with Crippen LogP contribution in [0.15, 0.2) is 82.1 Å². The molecule has 0 saturated heterocycles. The molecule has 0 radical (unpaired) electrons. The highest BCUT2D eigenvalue weighted by Gasteiger charge is 2.09. The van der Waals surface area contributed by atoms with E-state index < -0.39 is 10.0 Å². The Hall–Kier alpha value is -3.23. The Morgan fingerprint density at radius 3 is 2.27 bits per heavy atom. The molecule has 0 spiro atoms. The smallest absolute Gasteiger partial charge is 0.238 e. The van der Waals surface area contributed by atoms with Gasteiger partial charge in [0, 0.05) is 23.2 Å². The number of benzene rings is 2. The Kier molecular flexibility index (Phi) is 3.90. The SMILES string of the molecule is NS(=O)(=O)c1ccc(N=Nc2cc3cccnc3c3ncccc23)cc1. The lowest BCUT2D eigenvalue weighted by molar-refractivity contribution is 0.598. The number of primary sulfonamides is 1. The van der Waals surface area contributed by atoms with E-state index in [1.807, 2.05) is 30.3 Å². The third kappa shape index (κ3) is 3.03. The molecule has 2 aromatic heterocycles. The minimum atomic E-state index is -3.73. The van der Waals surface area contributed by atoms with E-state index in [9.17, 15) is 8.42 Å². The van der Waals surface area contributed by atoms with Crippen molar-refractivity contribution in [1.82, 2.24) is 9.97 Å². The highest BCUT2D eigenvalue weighted by Crippen LogP contribution is 2.32. The molecule has 2 aromatic carbocycles. The first-order valence-electron chi connectivity index (χ1n) is 7.69. The van der Waals surface area contributed by atoms with Gasteiger partial charge in [0.05, 0.1) is 27.3 Å². The summed E-state index contributed by atoms with van der Waals surface area (Å²) < 4.78 is 22.6. The van der Waals surface area contributed by atoms with Gasteiger partial charge in [0.2, 0.25) is 10.0 Å². The molecule has 0 aliphatic carbocycles. The topological polar surface area (TPSA) is 111 Å². The van der Waals surface area contributed by atoms with Gasteiger partial charge in [-0.15, -0.1) is 5.11 Å². The lowest BCUT2D eigenvalue weighted by atomic mass is 10.1. The summed E-state index contributed by atoms with van der Waals surface area (Å²) in [5, 5.41) is 15.4. The number of nitrogens with zero attached hydrogens (tertiary/aromatic N) is 4. The van der Waals surface area contributed by atoms with Gasteiger partial charge in [-0.25, -0.2) is 13.6 Å². The number of hydrogen-bond acceptors (Lipinski definition) is 6. The summed E-state index contributed by atoms with van der Waals surface area (Å²) in [6, 6.07) is 15.3. The molecular formula is C18H13N5O2S. The summed E-state index contributed by atoms with van der Waals surface area (Å²) in [7, 11) is -3.73. The highest BCUT2D eigenvalue weighted by molar-refractivity contribution is 7.89. The Bertz CT molecular complexity index is 1250. The minimum absolute atomic E-state index is 0.0304. The van der Waals surface area contributed by atoms with Crippen molar-refractivity contribution in [2.24, 2.45) is 15.4 Å². The molecule has 0 fully saturated rings. The first-order chi connectivity index (χ1) is 12.5. The van der Waals surface area contributed by atoms with Crippen LogP contribution in [-0.4, -0.2) is 18.4 Å². The van der Waals surface area contributed by atoms with E-state index in [0.29, 0.717) is 11.4 Å². The van der Waals surface area contributed by atoms with Crippen molar-refractivity contribution < 1.29 is 8.42 Å². The number of sulfonamides is 1. The fraction of sp³-hybridized carbons (Fsp3) is 0. The summed E-state index contributed by atoms with van der Waals surface area (Å²) in [6.07, 6.45) is 3.44. The average Bonchev–Trinajstić information content (AvgIpc) is 2.66. The second kappa shape index (κ2) is 6.25. The van der Waals surface area contributed by atoms with E-state index in [4.69, 9.17) is 5.14 Å². The summed E-state index contributed by atoms with van der Waals surface area (Å²) in [5.41, 5.74) is 2.73. The van der Waals surface area contributed by atoms with Gasteiger partial charge in [0.1, 0.15) is 0 Å². The standard InChI is InChI=1S/C18H13N5O2S/c19-26(24,25)14-7-5-13(6-8-14)22-23-16-11-12-3-1-9-20-17(12)18-15(16)4-2-10-21-18/h1-11H,(H2,19,24,25). The second-order valence-corrected chi connectivity index (χ2v) is 7.17. The number of aromatic nitrogens is 2. The number of hydrogen-bond donors (Lipinski definition) is 1. The summed E-state index contributed by atoms with van der Waals surface area (Å²) in [6.45, 7) is 0. The molecule has 8 heteroatoms. The third-order valence-corrected chi connectivity index (χ3v) is 4.81. The van der Waals surface area contributed by atoms with Crippen LogP contribution in [0.3, 0.4) is 0 Å². The maximum atomic E-state index is 11.3. The third-order valence-electron chi connectivity index (χ3n) is 3.88. The van der Waals surface area contributed by atoms with Gasteiger partial charge in [-0.3, -0.25) is 9.97 Å². The zero-order valence-corrected chi connectivity index (χ0v) is 14.3. The predicted molar refractivity (Wildman–Crippen MR) is 99.0 cm³/mol. The maximum absolute atomic E-state index is 11.3. The van der Waals surface area contributed by atoms with Crippen LogP contribution in [0.1, 0.15) is 0 Å². The van der Waals surface area contributed by atoms with Crippen molar-refractivity contribution in [1.29, 1.82) is 0 Å². The number of fused-ring (bicyclic) bond motifs is 3. The quantitative estimate of drug-likeness (QED) is 0.440. The van der Waals surface area contributed by atoms with E-state index in [-0.39, 0.29) is 4.90 Å². The fourth-order valence-electron chi connectivity index (χ4n) is 2.65. The molecule has 2 N–H and O–H groups in total. The molecule has 0 unspecified atom stereocenters. The van der Waals surface area contributed by atoms with Crippen molar-refractivity contribution in [3.63, 3.8) is 0 Å². The number of rotatable bonds is 3. The molecule has 0 saturated carbocycles. The second-order valence-electron chi connectivity index (χ2n) is 5.61. The molecule has 2 heterocycles. The molecule has 0 atom stereocenters. The largest absolute Gasteiger partial charge is 0.254 e. The Balaban J connectivity index is 1.80. The van der Waals surface area contributed by atoms with Crippen LogP contribution in [-0.2, 0) is 10.0 Å². The van der Waals surface area contributed by atoms with Gasteiger partial charge >= 0.3 is 0 Å². The maximum Gasteiger partial charge on any atom is 0.238 e. The summed E-state index contributed by atoms with van der Waals surface area (Å²) >= 11 is 0. The van der Waals surface area contributed by atoms with Crippen LogP contribution in [0.25, 0.3) is 21.8 Å². The fourth-order valence-corrected chi connectivity index (χ4v) is 3.17. The van der Waals surface area contributed by atoms with E-state index in [1.165, 1.54) is 12.1 Å². The molecule has 26 heavy (non-hydrogen) atoms. The lowest BCUT2D eigenvalue weighted by Crippen LogP contribution is -2.11. The lowest BCUT2D eigenvalue weighted by Gasteiger charge is -2.05. The van der Waals surface area contributed by atoms with Gasteiger partial charge < -0.3 is 0 Å². The summed E-state index contributed by atoms with van der Waals surface area (Å²) in [5.74, 6) is 0. The molecule has 7 nitrogen and oxygen atoms in total. The number of pyridine rings is 2. The van der Waals surface area contributed by atoms with Gasteiger partial charge in [-0.2, -0.15) is 5.11 Å². The Morgan fingerprint density at radius 2 is 1.54 bits per heavy atom. The zero-order valence-electron chi connectivity index (χ0n) is 13.4. The number of azo groups is 1. The number of nitrogens with two attached hydrogens (primary N) is 1. The highest BCUT2D eigenvalue weighted by atomic mass is 32.2. The molecule has 0 bridgehead atoms. The van der Waals surface area contributed by atoms with Crippen LogP contribution in [0, 0.1) is 0 Å². The summed E-state index contributed by atoms with van der Waals surface area (Å²) in [4.78, 5) is 8.85.